The van der Waals surface area contributed by atoms with Crippen LogP contribution in [-0.2, 0) is 16.0 Å². The van der Waals surface area contributed by atoms with Crippen molar-refractivity contribution in [3.8, 4) is 5.75 Å². The number of methoxy groups -OCH3 is 1. The topological polar surface area (TPSA) is 87.5 Å². The minimum absolute atomic E-state index is 0.124. The van der Waals surface area contributed by atoms with Gasteiger partial charge in [-0.1, -0.05) is 24.3 Å². The molecule has 1 fully saturated rings. The number of ether oxygens (including phenoxy) is 2. The molecule has 1 aromatic heterocycles. The maximum Gasteiger partial charge on any atom is 0.278 e. The van der Waals surface area contributed by atoms with Gasteiger partial charge in [-0.2, -0.15) is 0 Å². The number of benzene rings is 2. The second-order valence-electron chi connectivity index (χ2n) is 9.88. The molecule has 0 spiro atoms. The zero-order chi connectivity index (χ0) is 26.3. The molecule has 38 heavy (non-hydrogen) atoms. The van der Waals surface area contributed by atoms with E-state index in [4.69, 9.17) is 9.47 Å². The molecule has 7 rings (SSSR count). The van der Waals surface area contributed by atoms with Crippen LogP contribution in [0.15, 0.2) is 47.4 Å². The van der Waals surface area contributed by atoms with Gasteiger partial charge in [0.15, 0.2) is 23.1 Å². The van der Waals surface area contributed by atoms with E-state index >= 15 is 4.39 Å². The monoisotopic (exact) mass is 522 g/mol. The number of para-hydroxylation sites is 1. The number of aromatic nitrogens is 1. The van der Waals surface area contributed by atoms with Crippen molar-refractivity contribution in [3.05, 3.63) is 92.4 Å². The quantitative estimate of drug-likeness (QED) is 0.553. The molecule has 1 N–H and O–H groups in total. The van der Waals surface area contributed by atoms with Crippen LogP contribution in [-0.4, -0.2) is 60.2 Å². The number of amides is 1. The Morgan fingerprint density at radius 1 is 1.08 bits per heavy atom. The predicted octanol–water partition coefficient (Wildman–Crippen LogP) is 2.39. The van der Waals surface area contributed by atoms with E-state index in [1.165, 1.54) is 16.9 Å². The smallest absolute Gasteiger partial charge is 0.278 e. The number of hydrogen-bond acceptors (Lipinski definition) is 7. The Kier molecular flexibility index (Phi) is 5.04. The number of aromatic hydroxyl groups is 1. The first kappa shape index (κ1) is 23.2. The van der Waals surface area contributed by atoms with Crippen LogP contribution in [0.4, 0.5) is 14.5 Å². The van der Waals surface area contributed by atoms with Gasteiger partial charge >= 0.3 is 0 Å². The third kappa shape index (κ3) is 3.02. The Labute approximate surface area is 216 Å². The third-order valence-corrected chi connectivity index (χ3v) is 8.04. The third-order valence-electron chi connectivity index (χ3n) is 8.04. The van der Waals surface area contributed by atoms with Gasteiger partial charge in [0.2, 0.25) is 5.43 Å². The van der Waals surface area contributed by atoms with E-state index in [9.17, 15) is 19.1 Å². The van der Waals surface area contributed by atoms with Crippen molar-refractivity contribution in [1.29, 1.82) is 0 Å². The lowest BCUT2D eigenvalue weighted by Crippen LogP contribution is -2.66. The number of pyridine rings is 1. The number of nitrogens with zero attached hydrogens (tertiary/aromatic N) is 4. The number of carbonyl (C=O) groups excluding carboxylic acids is 1. The van der Waals surface area contributed by atoms with Gasteiger partial charge in [-0.3, -0.25) is 19.3 Å². The van der Waals surface area contributed by atoms with Gasteiger partial charge in [-0.15, -0.1) is 0 Å². The molecule has 4 aliphatic rings. The Morgan fingerprint density at radius 2 is 1.89 bits per heavy atom. The molecular weight excluding hydrogens is 498 g/mol. The first-order chi connectivity index (χ1) is 18.4. The Bertz CT molecular complexity index is 1560. The summed E-state index contributed by atoms with van der Waals surface area (Å²) in [5, 5.41) is 12.6. The van der Waals surface area contributed by atoms with Gasteiger partial charge in [0.05, 0.1) is 13.2 Å². The molecule has 0 radical (unpaired) electrons. The molecule has 11 heteroatoms. The molecule has 9 nitrogen and oxygen atoms in total. The molecular formula is C27H24F2N4O5. The molecule has 1 saturated heterocycles. The molecule has 5 heterocycles. The van der Waals surface area contributed by atoms with Gasteiger partial charge in [0.25, 0.3) is 5.91 Å². The summed E-state index contributed by atoms with van der Waals surface area (Å²) in [5.41, 5.74) is 2.44. The van der Waals surface area contributed by atoms with E-state index in [-0.39, 0.29) is 37.1 Å². The lowest BCUT2D eigenvalue weighted by atomic mass is 9.91. The molecule has 1 amide bonds. The SMILES string of the molecule is COC1CN2Cc3c(ccc(F)c3F)[C@H](N3[C@@H]4COCCN4C(=O)c4c(O)c(=O)ccn43)c3cccc1c32. The molecule has 1 unspecified atom stereocenters. The maximum absolute atomic E-state index is 15.5. The summed E-state index contributed by atoms with van der Waals surface area (Å²) >= 11 is 0. The summed E-state index contributed by atoms with van der Waals surface area (Å²) in [6.45, 7) is 1.27. The number of fused-ring (bicyclic) bond motifs is 3. The normalized spacial score (nSPS) is 23.5. The van der Waals surface area contributed by atoms with Crippen molar-refractivity contribution >= 4 is 11.6 Å². The summed E-state index contributed by atoms with van der Waals surface area (Å²) in [4.78, 5) is 29.4. The number of halogens is 2. The Balaban J connectivity index is 1.56. The fourth-order valence-electron chi connectivity index (χ4n) is 6.36. The molecule has 196 valence electrons. The van der Waals surface area contributed by atoms with E-state index in [2.05, 4.69) is 0 Å². The highest BCUT2D eigenvalue weighted by atomic mass is 19.2. The number of morpholine rings is 1. The van der Waals surface area contributed by atoms with Crippen molar-refractivity contribution in [2.45, 2.75) is 24.9 Å². The Morgan fingerprint density at radius 3 is 2.71 bits per heavy atom. The fraction of sp³-hybridized carbons (Fsp3) is 0.333. The van der Waals surface area contributed by atoms with Crippen LogP contribution in [0, 0.1) is 11.6 Å². The van der Waals surface area contributed by atoms with Crippen molar-refractivity contribution < 1.29 is 28.2 Å². The van der Waals surface area contributed by atoms with Gasteiger partial charge in [0, 0.05) is 61.4 Å². The van der Waals surface area contributed by atoms with E-state index in [0.29, 0.717) is 18.7 Å². The minimum Gasteiger partial charge on any atom is -0.502 e. The summed E-state index contributed by atoms with van der Waals surface area (Å²) in [6, 6.07) is 8.93. The van der Waals surface area contributed by atoms with E-state index in [1.54, 1.807) is 18.1 Å². The van der Waals surface area contributed by atoms with Gasteiger partial charge in [-0.25, -0.2) is 8.78 Å². The molecule has 0 aliphatic carbocycles. The highest BCUT2D eigenvalue weighted by molar-refractivity contribution is 5.96. The second kappa shape index (κ2) is 8.27. The zero-order valence-corrected chi connectivity index (χ0v) is 20.4. The molecule has 3 aromatic rings. The predicted molar refractivity (Wildman–Crippen MR) is 132 cm³/mol. The van der Waals surface area contributed by atoms with Crippen molar-refractivity contribution in [2.75, 3.05) is 43.3 Å². The van der Waals surface area contributed by atoms with Crippen molar-refractivity contribution in [3.63, 3.8) is 0 Å². The van der Waals surface area contributed by atoms with Crippen molar-refractivity contribution in [2.24, 2.45) is 0 Å². The lowest BCUT2D eigenvalue weighted by Gasteiger charge is -2.51. The van der Waals surface area contributed by atoms with Crippen LogP contribution in [0.25, 0.3) is 0 Å². The minimum atomic E-state index is -0.950. The van der Waals surface area contributed by atoms with E-state index in [0.717, 1.165) is 22.9 Å². The van der Waals surface area contributed by atoms with Gasteiger partial charge < -0.3 is 24.4 Å². The van der Waals surface area contributed by atoms with Crippen LogP contribution in [0.3, 0.4) is 0 Å². The highest BCUT2D eigenvalue weighted by Crippen LogP contribution is 2.49. The largest absolute Gasteiger partial charge is 0.502 e. The van der Waals surface area contributed by atoms with Crippen LogP contribution in [0.2, 0.25) is 0 Å². The van der Waals surface area contributed by atoms with E-state index in [1.807, 2.05) is 28.1 Å². The fourth-order valence-corrected chi connectivity index (χ4v) is 6.36. The summed E-state index contributed by atoms with van der Waals surface area (Å²) < 4.78 is 43.1. The van der Waals surface area contributed by atoms with Gasteiger partial charge in [-0.05, 0) is 11.6 Å². The molecule has 0 bridgehead atoms. The molecule has 3 atom stereocenters. The summed E-state index contributed by atoms with van der Waals surface area (Å²) in [5.74, 6) is -3.04. The number of rotatable bonds is 2. The standard InChI is InChI=1S/C27H24F2N4O5/c1-37-20-12-30-11-17-14(5-6-18(28)22(17)29)24(16-4-2-3-15(20)23(16)30)33-21-13-38-10-9-31(21)27(36)25-26(35)19(34)7-8-32(25)33/h2-8,20-21,24,35H,9-13H2,1H3/t20?,21-,24+/m1/s1. The molecule has 4 aliphatic heterocycles. The van der Waals surface area contributed by atoms with Crippen molar-refractivity contribution in [1.82, 2.24) is 9.58 Å². The van der Waals surface area contributed by atoms with Gasteiger partial charge in [0.1, 0.15) is 18.3 Å². The first-order valence-corrected chi connectivity index (χ1v) is 12.4. The van der Waals surface area contributed by atoms with Crippen LogP contribution in [0.1, 0.15) is 44.9 Å². The molecule has 2 aromatic carbocycles. The number of hydrogen-bond donors (Lipinski definition) is 1. The number of anilines is 1. The van der Waals surface area contributed by atoms with Crippen LogP contribution >= 0.6 is 0 Å². The zero-order valence-electron chi connectivity index (χ0n) is 20.4. The average Bonchev–Trinajstić information content (AvgIpc) is 3.22. The Hall–Kier alpha value is -3.96. The number of carbonyl (C=O) groups is 1. The summed E-state index contributed by atoms with van der Waals surface area (Å²) in [7, 11) is 1.62. The van der Waals surface area contributed by atoms with Crippen LogP contribution in [0.5, 0.6) is 5.75 Å². The van der Waals surface area contributed by atoms with E-state index < -0.39 is 40.9 Å². The summed E-state index contributed by atoms with van der Waals surface area (Å²) in [6.07, 6.45) is 0.539. The second-order valence-corrected chi connectivity index (χ2v) is 9.88. The maximum atomic E-state index is 15.5. The highest BCUT2D eigenvalue weighted by Gasteiger charge is 2.48. The van der Waals surface area contributed by atoms with Crippen LogP contribution < -0.4 is 15.3 Å². The first-order valence-electron chi connectivity index (χ1n) is 12.4. The molecule has 0 saturated carbocycles. The lowest BCUT2D eigenvalue weighted by molar-refractivity contribution is -0.0196. The average molecular weight is 523 g/mol.